The van der Waals surface area contributed by atoms with Gasteiger partial charge >= 0.3 is 0 Å². The van der Waals surface area contributed by atoms with Crippen LogP contribution in [0.3, 0.4) is 0 Å². The lowest BCUT2D eigenvalue weighted by molar-refractivity contribution is 0.102. The van der Waals surface area contributed by atoms with Gasteiger partial charge in [-0.25, -0.2) is 4.39 Å². The quantitative estimate of drug-likeness (QED) is 0.572. The standard InChI is InChI=1S/C7H15FO/c1-6(8)4-5-7(2)9-3/h6-7H,4-5H2,1-3H3. The maximum Gasteiger partial charge on any atom is 0.0974 e. The Balaban J connectivity index is 3.06. The largest absolute Gasteiger partial charge is 0.382 e. The Bertz CT molecular complexity index is 63.9. The van der Waals surface area contributed by atoms with Gasteiger partial charge in [-0.2, -0.15) is 0 Å². The van der Waals surface area contributed by atoms with Crippen LogP contribution in [-0.4, -0.2) is 19.4 Å². The van der Waals surface area contributed by atoms with Crippen LogP contribution in [0.5, 0.6) is 0 Å². The van der Waals surface area contributed by atoms with E-state index in [2.05, 4.69) is 0 Å². The number of alkyl halides is 1. The van der Waals surface area contributed by atoms with Crippen molar-refractivity contribution in [1.29, 1.82) is 0 Å². The van der Waals surface area contributed by atoms with Crippen LogP contribution < -0.4 is 0 Å². The SMILES string of the molecule is COC(C)CCC(C)F. The highest BCUT2D eigenvalue weighted by Gasteiger charge is 2.02. The number of ether oxygens (including phenoxy) is 1. The summed E-state index contributed by atoms with van der Waals surface area (Å²) >= 11 is 0. The molecule has 0 aromatic heterocycles. The average molecular weight is 134 g/mol. The molecule has 0 aromatic carbocycles. The molecule has 0 spiro atoms. The van der Waals surface area contributed by atoms with E-state index >= 15 is 0 Å². The smallest absolute Gasteiger partial charge is 0.0974 e. The third kappa shape index (κ3) is 5.77. The molecule has 9 heavy (non-hydrogen) atoms. The van der Waals surface area contributed by atoms with Gasteiger partial charge in [-0.3, -0.25) is 0 Å². The van der Waals surface area contributed by atoms with E-state index in [1.165, 1.54) is 0 Å². The van der Waals surface area contributed by atoms with Crippen LogP contribution in [-0.2, 0) is 4.74 Å². The second-order valence-electron chi connectivity index (χ2n) is 2.40. The molecule has 0 aliphatic carbocycles. The summed E-state index contributed by atoms with van der Waals surface area (Å²) in [6.07, 6.45) is 0.925. The van der Waals surface area contributed by atoms with E-state index in [1.807, 2.05) is 6.92 Å². The fourth-order valence-electron chi connectivity index (χ4n) is 0.582. The predicted molar refractivity (Wildman–Crippen MR) is 36.3 cm³/mol. The summed E-state index contributed by atoms with van der Waals surface area (Å²) in [6.45, 7) is 3.52. The van der Waals surface area contributed by atoms with Gasteiger partial charge in [-0.15, -0.1) is 0 Å². The van der Waals surface area contributed by atoms with Crippen LogP contribution in [0.1, 0.15) is 26.7 Å². The Kier molecular flexibility index (Phi) is 4.68. The second kappa shape index (κ2) is 4.74. The van der Waals surface area contributed by atoms with Crippen molar-refractivity contribution in [3.63, 3.8) is 0 Å². The fraction of sp³-hybridized carbons (Fsp3) is 1.00. The zero-order chi connectivity index (χ0) is 7.28. The normalized spacial score (nSPS) is 17.3. The Hall–Kier alpha value is -0.110. The van der Waals surface area contributed by atoms with E-state index in [4.69, 9.17) is 4.74 Å². The Morgan fingerprint density at radius 2 is 1.89 bits per heavy atom. The monoisotopic (exact) mass is 134 g/mol. The van der Waals surface area contributed by atoms with Crippen LogP contribution >= 0.6 is 0 Å². The number of rotatable bonds is 4. The van der Waals surface area contributed by atoms with Gasteiger partial charge in [0.15, 0.2) is 0 Å². The van der Waals surface area contributed by atoms with Crippen LogP contribution in [0.15, 0.2) is 0 Å². The van der Waals surface area contributed by atoms with E-state index in [0.29, 0.717) is 6.42 Å². The second-order valence-corrected chi connectivity index (χ2v) is 2.40. The zero-order valence-corrected chi connectivity index (χ0v) is 6.36. The molecule has 0 N–H and O–H groups in total. The topological polar surface area (TPSA) is 9.23 Å². The molecule has 0 fully saturated rings. The fourth-order valence-corrected chi connectivity index (χ4v) is 0.582. The van der Waals surface area contributed by atoms with Crippen molar-refractivity contribution in [2.75, 3.05) is 7.11 Å². The van der Waals surface area contributed by atoms with Gasteiger partial charge < -0.3 is 4.74 Å². The summed E-state index contributed by atoms with van der Waals surface area (Å²) in [6, 6.07) is 0. The maximum atomic E-state index is 12.1. The third-order valence-electron chi connectivity index (χ3n) is 1.37. The van der Waals surface area contributed by atoms with Gasteiger partial charge in [-0.1, -0.05) is 0 Å². The first-order valence-corrected chi connectivity index (χ1v) is 3.33. The summed E-state index contributed by atoms with van der Waals surface area (Å²) in [5.74, 6) is 0. The molecule has 0 heterocycles. The lowest BCUT2D eigenvalue weighted by Crippen LogP contribution is -2.06. The van der Waals surface area contributed by atoms with Crippen LogP contribution in [0.2, 0.25) is 0 Å². The molecule has 0 aromatic rings. The van der Waals surface area contributed by atoms with Gasteiger partial charge in [0.1, 0.15) is 0 Å². The summed E-state index contributed by atoms with van der Waals surface area (Å²) in [4.78, 5) is 0. The zero-order valence-electron chi connectivity index (χ0n) is 6.36. The molecule has 0 saturated carbocycles. The Morgan fingerprint density at radius 3 is 2.22 bits per heavy atom. The van der Waals surface area contributed by atoms with Crippen LogP contribution in [0.25, 0.3) is 0 Å². The Morgan fingerprint density at radius 1 is 1.33 bits per heavy atom. The molecular weight excluding hydrogens is 119 g/mol. The van der Waals surface area contributed by atoms with Crippen molar-refractivity contribution in [3.8, 4) is 0 Å². The maximum absolute atomic E-state index is 12.1. The highest BCUT2D eigenvalue weighted by atomic mass is 19.1. The summed E-state index contributed by atoms with van der Waals surface area (Å²) in [7, 11) is 1.65. The number of halogens is 1. The van der Waals surface area contributed by atoms with Crippen molar-refractivity contribution < 1.29 is 9.13 Å². The van der Waals surface area contributed by atoms with Crippen molar-refractivity contribution in [2.45, 2.75) is 39.0 Å². The molecule has 0 bridgehead atoms. The number of hydrogen-bond donors (Lipinski definition) is 0. The van der Waals surface area contributed by atoms with Gasteiger partial charge in [0.2, 0.25) is 0 Å². The highest BCUT2D eigenvalue weighted by molar-refractivity contribution is 4.53. The van der Waals surface area contributed by atoms with Crippen molar-refractivity contribution in [1.82, 2.24) is 0 Å². The molecule has 0 aliphatic heterocycles. The van der Waals surface area contributed by atoms with Gasteiger partial charge in [0.25, 0.3) is 0 Å². The molecule has 1 nitrogen and oxygen atoms in total. The summed E-state index contributed by atoms with van der Waals surface area (Å²) < 4.78 is 17.1. The molecule has 2 heteroatoms. The third-order valence-corrected chi connectivity index (χ3v) is 1.37. The Labute approximate surface area is 56.2 Å². The van der Waals surface area contributed by atoms with Crippen LogP contribution in [0, 0.1) is 0 Å². The number of methoxy groups -OCH3 is 1. The first kappa shape index (κ1) is 8.89. The minimum absolute atomic E-state index is 0.197. The molecule has 0 aliphatic rings. The molecule has 2 atom stereocenters. The predicted octanol–water partition coefficient (Wildman–Crippen LogP) is 2.16. The van der Waals surface area contributed by atoms with Gasteiger partial charge in [0.05, 0.1) is 12.3 Å². The van der Waals surface area contributed by atoms with Gasteiger partial charge in [-0.05, 0) is 26.7 Å². The molecule has 0 amide bonds. The average Bonchev–Trinajstić information content (AvgIpc) is 1.83. The van der Waals surface area contributed by atoms with Crippen molar-refractivity contribution in [2.24, 2.45) is 0 Å². The molecule has 0 radical (unpaired) electrons. The molecule has 0 saturated heterocycles. The molecular formula is C7H15FO. The van der Waals surface area contributed by atoms with Crippen molar-refractivity contribution >= 4 is 0 Å². The summed E-state index contributed by atoms with van der Waals surface area (Å²) in [5.41, 5.74) is 0. The molecule has 0 rings (SSSR count). The van der Waals surface area contributed by atoms with E-state index in [0.717, 1.165) is 6.42 Å². The lowest BCUT2D eigenvalue weighted by Gasteiger charge is -2.08. The minimum atomic E-state index is -0.692. The lowest BCUT2D eigenvalue weighted by atomic mass is 10.2. The first-order valence-electron chi connectivity index (χ1n) is 3.33. The van der Waals surface area contributed by atoms with E-state index < -0.39 is 6.17 Å². The molecule has 2 unspecified atom stereocenters. The molecule has 56 valence electrons. The first-order chi connectivity index (χ1) is 4.16. The van der Waals surface area contributed by atoms with E-state index in [1.54, 1.807) is 14.0 Å². The van der Waals surface area contributed by atoms with Gasteiger partial charge in [0, 0.05) is 7.11 Å². The van der Waals surface area contributed by atoms with Crippen molar-refractivity contribution in [3.05, 3.63) is 0 Å². The summed E-state index contributed by atoms with van der Waals surface area (Å²) in [5, 5.41) is 0. The number of hydrogen-bond acceptors (Lipinski definition) is 1. The van der Waals surface area contributed by atoms with Crippen LogP contribution in [0.4, 0.5) is 4.39 Å². The highest BCUT2D eigenvalue weighted by Crippen LogP contribution is 2.05. The van der Waals surface area contributed by atoms with E-state index in [9.17, 15) is 4.39 Å². The minimum Gasteiger partial charge on any atom is -0.382 e. The van der Waals surface area contributed by atoms with E-state index in [-0.39, 0.29) is 6.10 Å².